The van der Waals surface area contributed by atoms with Gasteiger partial charge in [-0.15, -0.1) is 0 Å². The maximum absolute atomic E-state index is 13.1. The van der Waals surface area contributed by atoms with Crippen LogP contribution in [0.1, 0.15) is 25.5 Å². The van der Waals surface area contributed by atoms with Crippen LogP contribution >= 0.6 is 0 Å². The lowest BCUT2D eigenvalue weighted by Gasteiger charge is -2.18. The van der Waals surface area contributed by atoms with Gasteiger partial charge >= 0.3 is 0 Å². The van der Waals surface area contributed by atoms with Crippen LogP contribution in [-0.2, 0) is 4.74 Å². The van der Waals surface area contributed by atoms with Crippen LogP contribution in [0.25, 0.3) is 5.70 Å². The molecule has 176 valence electrons. The average Bonchev–Trinajstić information content (AvgIpc) is 3.16. The summed E-state index contributed by atoms with van der Waals surface area (Å²) in [6.45, 7) is 4.72. The van der Waals surface area contributed by atoms with E-state index >= 15 is 0 Å². The molecule has 0 saturated carbocycles. The number of benzene rings is 1. The molecule has 0 fully saturated rings. The molecule has 1 unspecified atom stereocenters. The minimum Gasteiger partial charge on any atom is -0.495 e. The Labute approximate surface area is 200 Å². The second-order valence-corrected chi connectivity index (χ2v) is 8.30. The lowest BCUT2D eigenvalue weighted by molar-refractivity contribution is 0.307. The van der Waals surface area contributed by atoms with E-state index in [0.717, 1.165) is 53.8 Å². The molecule has 1 aliphatic carbocycles. The first-order chi connectivity index (χ1) is 16.5. The van der Waals surface area contributed by atoms with Crippen molar-refractivity contribution in [3.63, 3.8) is 0 Å². The molecule has 2 aliphatic rings. The third-order valence-corrected chi connectivity index (χ3v) is 5.59. The first-order valence-corrected chi connectivity index (χ1v) is 11.4. The molecule has 6 nitrogen and oxygen atoms in total. The summed E-state index contributed by atoms with van der Waals surface area (Å²) < 4.78 is 20.7. The highest BCUT2D eigenvalue weighted by Crippen LogP contribution is 2.24. The van der Waals surface area contributed by atoms with Gasteiger partial charge in [-0.3, -0.25) is 4.99 Å². The molecule has 2 N–H and O–H groups in total. The zero-order chi connectivity index (χ0) is 23.9. The second kappa shape index (κ2) is 10.8. The number of imidazole rings is 1. The molecular formula is C27H30FN5O. The third kappa shape index (κ3) is 5.92. The summed E-state index contributed by atoms with van der Waals surface area (Å²) in [7, 11) is 1.68. The van der Waals surface area contributed by atoms with Crippen LogP contribution in [0.2, 0.25) is 0 Å². The van der Waals surface area contributed by atoms with Crippen molar-refractivity contribution in [2.24, 2.45) is 10.9 Å². The zero-order valence-corrected chi connectivity index (χ0v) is 19.8. The second-order valence-electron chi connectivity index (χ2n) is 8.30. The number of nitrogens with zero attached hydrogens (tertiary/aromatic N) is 3. The van der Waals surface area contributed by atoms with E-state index in [9.17, 15) is 4.39 Å². The highest BCUT2D eigenvalue weighted by molar-refractivity contribution is 5.99. The summed E-state index contributed by atoms with van der Waals surface area (Å²) in [4.78, 5) is 9.04. The number of hydrogen-bond donors (Lipinski definition) is 2. The number of halogens is 1. The molecule has 0 amide bonds. The molecule has 0 spiro atoms. The summed E-state index contributed by atoms with van der Waals surface area (Å²) in [5, 5.41) is 6.61. The predicted molar refractivity (Wildman–Crippen MR) is 135 cm³/mol. The minimum absolute atomic E-state index is 0.106. The van der Waals surface area contributed by atoms with Crippen LogP contribution in [0.4, 0.5) is 10.1 Å². The first kappa shape index (κ1) is 23.3. The number of hydrogen-bond acceptors (Lipinski definition) is 5. The number of methoxy groups -OCH3 is 1. The number of amidine groups is 1. The molecule has 0 saturated heterocycles. The smallest absolute Gasteiger partial charge is 0.142 e. The van der Waals surface area contributed by atoms with Crippen molar-refractivity contribution in [1.29, 1.82) is 0 Å². The first-order valence-electron chi connectivity index (χ1n) is 11.4. The molecule has 1 aromatic heterocycles. The molecule has 34 heavy (non-hydrogen) atoms. The fourth-order valence-corrected chi connectivity index (χ4v) is 3.87. The molecule has 7 heteroatoms. The van der Waals surface area contributed by atoms with Gasteiger partial charge < -0.3 is 19.9 Å². The van der Waals surface area contributed by atoms with Gasteiger partial charge in [0, 0.05) is 36.2 Å². The summed E-state index contributed by atoms with van der Waals surface area (Å²) in [6, 6.07) is 6.29. The Balaban J connectivity index is 1.48. The topological polar surface area (TPSA) is 63.5 Å². The Bertz CT molecular complexity index is 1200. The van der Waals surface area contributed by atoms with Crippen LogP contribution in [0, 0.1) is 18.7 Å². The van der Waals surface area contributed by atoms with E-state index in [1.54, 1.807) is 25.6 Å². The Morgan fingerprint density at radius 1 is 1.21 bits per heavy atom. The minimum atomic E-state index is -0.252. The van der Waals surface area contributed by atoms with Crippen LogP contribution in [0.15, 0.2) is 95.4 Å². The zero-order valence-electron chi connectivity index (χ0n) is 19.8. The normalized spacial score (nSPS) is 19.8. The van der Waals surface area contributed by atoms with Gasteiger partial charge in [-0.05, 0) is 68.7 Å². The molecule has 0 radical (unpaired) electrons. The molecule has 1 atom stereocenters. The lowest BCUT2D eigenvalue weighted by atomic mass is 9.99. The van der Waals surface area contributed by atoms with E-state index in [-0.39, 0.29) is 11.7 Å². The van der Waals surface area contributed by atoms with E-state index in [2.05, 4.69) is 39.9 Å². The van der Waals surface area contributed by atoms with E-state index in [0.29, 0.717) is 0 Å². The summed E-state index contributed by atoms with van der Waals surface area (Å²) in [5.74, 6) is 1.52. The number of aromatic nitrogens is 2. The van der Waals surface area contributed by atoms with E-state index < -0.39 is 0 Å². The molecule has 1 aromatic carbocycles. The number of allylic oxidation sites excluding steroid dienone is 7. The van der Waals surface area contributed by atoms with Crippen molar-refractivity contribution in [3.05, 3.63) is 102 Å². The van der Waals surface area contributed by atoms with Crippen LogP contribution in [0.5, 0.6) is 0 Å². The highest BCUT2D eigenvalue weighted by atomic mass is 19.1. The SMILES string of the molecule is COC1=C(n2cnc(C)c2)C=CC(/C=C2\CCCN=C2N/C=C(/C)Nc2ccc(F)cc2)C=C1. The van der Waals surface area contributed by atoms with Crippen LogP contribution in [-0.4, -0.2) is 29.0 Å². The summed E-state index contributed by atoms with van der Waals surface area (Å²) >= 11 is 0. The van der Waals surface area contributed by atoms with Crippen molar-refractivity contribution in [2.75, 3.05) is 19.0 Å². The van der Waals surface area contributed by atoms with Gasteiger partial charge in [-0.1, -0.05) is 18.2 Å². The van der Waals surface area contributed by atoms with Gasteiger partial charge in [0.05, 0.1) is 24.8 Å². The maximum atomic E-state index is 13.1. The van der Waals surface area contributed by atoms with Gasteiger partial charge in [0.15, 0.2) is 0 Å². The molecule has 4 rings (SSSR count). The van der Waals surface area contributed by atoms with Crippen molar-refractivity contribution >= 4 is 17.2 Å². The molecule has 1 aliphatic heterocycles. The van der Waals surface area contributed by atoms with Crippen molar-refractivity contribution in [3.8, 4) is 0 Å². The summed E-state index contributed by atoms with van der Waals surface area (Å²) in [5.41, 5.74) is 4.81. The highest BCUT2D eigenvalue weighted by Gasteiger charge is 2.15. The van der Waals surface area contributed by atoms with Gasteiger partial charge in [0.1, 0.15) is 17.4 Å². The number of anilines is 1. The monoisotopic (exact) mass is 459 g/mol. The molecule has 0 bridgehead atoms. The van der Waals surface area contributed by atoms with Crippen LogP contribution < -0.4 is 10.6 Å². The van der Waals surface area contributed by atoms with E-state index in [1.165, 1.54) is 17.7 Å². The van der Waals surface area contributed by atoms with Crippen LogP contribution in [0.3, 0.4) is 0 Å². The number of ether oxygens (including phenoxy) is 1. The van der Waals surface area contributed by atoms with Crippen molar-refractivity contribution in [1.82, 2.24) is 14.9 Å². The molecule has 2 aromatic rings. The largest absolute Gasteiger partial charge is 0.495 e. The van der Waals surface area contributed by atoms with E-state index in [4.69, 9.17) is 9.73 Å². The standard InChI is InChI=1S/C27H30FN5O/c1-19(32-24-10-8-23(28)9-11-24)16-30-27-22(5-4-14-29-27)15-21-6-12-25(26(34-3)13-7-21)33-17-20(2)31-18-33/h6-13,15-18,21,32H,4-5,14H2,1-3H3,(H,29,30)/b19-16-,22-15+. The van der Waals surface area contributed by atoms with Crippen molar-refractivity contribution in [2.45, 2.75) is 26.7 Å². The quantitative estimate of drug-likeness (QED) is 0.593. The van der Waals surface area contributed by atoms with Gasteiger partial charge in [-0.2, -0.15) is 0 Å². The average molecular weight is 460 g/mol. The predicted octanol–water partition coefficient (Wildman–Crippen LogP) is 5.57. The molecule has 2 heterocycles. The fourth-order valence-electron chi connectivity index (χ4n) is 3.87. The maximum Gasteiger partial charge on any atom is 0.142 e. The number of rotatable bonds is 6. The Hall–Kier alpha value is -3.87. The lowest BCUT2D eigenvalue weighted by Crippen LogP contribution is -2.25. The third-order valence-electron chi connectivity index (χ3n) is 5.59. The Morgan fingerprint density at radius 3 is 2.74 bits per heavy atom. The molecular weight excluding hydrogens is 429 g/mol. The fraction of sp³-hybridized carbons (Fsp3) is 0.259. The number of nitrogens with one attached hydrogen (secondary N) is 2. The van der Waals surface area contributed by atoms with Gasteiger partial charge in [0.2, 0.25) is 0 Å². The number of aliphatic imine (C=N–C) groups is 1. The van der Waals surface area contributed by atoms with Gasteiger partial charge in [0.25, 0.3) is 0 Å². The Kier molecular flexibility index (Phi) is 7.42. The number of aryl methyl sites for hydroxylation is 1. The Morgan fingerprint density at radius 2 is 2.00 bits per heavy atom. The van der Waals surface area contributed by atoms with E-state index in [1.807, 2.05) is 36.9 Å². The summed E-state index contributed by atoms with van der Waals surface area (Å²) in [6.07, 6.45) is 18.3. The van der Waals surface area contributed by atoms with Gasteiger partial charge in [-0.25, -0.2) is 9.37 Å². The van der Waals surface area contributed by atoms with Crippen molar-refractivity contribution < 1.29 is 9.13 Å².